The molecule has 1 aliphatic heterocycles. The topological polar surface area (TPSA) is 80.8 Å². The van der Waals surface area contributed by atoms with Crippen LogP contribution in [0.5, 0.6) is 0 Å². The van der Waals surface area contributed by atoms with Crippen LogP contribution in [-0.2, 0) is 19.8 Å². The Bertz CT molecular complexity index is 1140. The van der Waals surface area contributed by atoms with Crippen LogP contribution in [0.15, 0.2) is 42.6 Å². The number of hydrogen-bond acceptors (Lipinski definition) is 5. The molecule has 2 aromatic rings. The molecule has 2 unspecified atom stereocenters. The summed E-state index contributed by atoms with van der Waals surface area (Å²) in [6, 6.07) is 9.68. The quantitative estimate of drug-likeness (QED) is 0.545. The third-order valence-corrected chi connectivity index (χ3v) is 6.58. The van der Waals surface area contributed by atoms with E-state index < -0.39 is 54.1 Å². The molecule has 2 heterocycles. The van der Waals surface area contributed by atoms with Crippen LogP contribution < -0.4 is 5.32 Å². The molecule has 1 aromatic heterocycles. The maximum absolute atomic E-state index is 13.9. The van der Waals surface area contributed by atoms with Gasteiger partial charge in [0.1, 0.15) is 24.1 Å². The van der Waals surface area contributed by atoms with Crippen LogP contribution in [0.25, 0.3) is 11.1 Å². The fourth-order valence-electron chi connectivity index (χ4n) is 4.74. The van der Waals surface area contributed by atoms with Crippen LogP contribution in [0, 0.1) is 0 Å². The Morgan fingerprint density at radius 2 is 1.76 bits per heavy atom. The van der Waals surface area contributed by atoms with Gasteiger partial charge in [0, 0.05) is 11.8 Å². The minimum absolute atomic E-state index is 0.482. The van der Waals surface area contributed by atoms with Crippen molar-refractivity contribution in [2.75, 3.05) is 6.67 Å². The van der Waals surface area contributed by atoms with Gasteiger partial charge in [-0.15, -0.1) is 0 Å². The van der Waals surface area contributed by atoms with Crippen molar-refractivity contribution in [3.05, 3.63) is 53.9 Å². The Hall–Kier alpha value is -3.14. The number of pyridine rings is 1. The van der Waals surface area contributed by atoms with Crippen LogP contribution in [0.2, 0.25) is 0 Å². The SMILES string of the molecule is CC(C)(C)OC(=O)NC1(c2ccc(-c3ccc(C4OC(C)(C)N(C(=O)C(F)F)C4CF)cc3)cn2)CC1. The normalized spacial score (nSPS) is 22.1. The second kappa shape index (κ2) is 9.63. The number of hydrogen-bond donors (Lipinski definition) is 1. The fourth-order valence-corrected chi connectivity index (χ4v) is 4.74. The first kappa shape index (κ1) is 26.9. The Labute approximate surface area is 214 Å². The van der Waals surface area contributed by atoms with Gasteiger partial charge in [0.2, 0.25) is 0 Å². The molecule has 1 saturated carbocycles. The summed E-state index contributed by atoms with van der Waals surface area (Å²) in [5, 5.41) is 2.93. The third-order valence-electron chi connectivity index (χ3n) is 6.58. The lowest BCUT2D eigenvalue weighted by molar-refractivity contribution is -0.159. The molecule has 1 N–H and O–H groups in total. The highest BCUT2D eigenvalue weighted by atomic mass is 19.3. The van der Waals surface area contributed by atoms with Gasteiger partial charge in [-0.2, -0.15) is 8.78 Å². The molecule has 2 fully saturated rings. The van der Waals surface area contributed by atoms with Gasteiger partial charge in [0.05, 0.1) is 17.3 Å². The van der Waals surface area contributed by atoms with Crippen LogP contribution in [0.3, 0.4) is 0 Å². The van der Waals surface area contributed by atoms with Gasteiger partial charge in [-0.25, -0.2) is 9.18 Å². The maximum Gasteiger partial charge on any atom is 0.408 e. The van der Waals surface area contributed by atoms with Crippen LogP contribution >= 0.6 is 0 Å². The first-order chi connectivity index (χ1) is 17.3. The van der Waals surface area contributed by atoms with Gasteiger partial charge >= 0.3 is 12.5 Å². The van der Waals surface area contributed by atoms with Crippen molar-refractivity contribution >= 4 is 12.0 Å². The zero-order valence-corrected chi connectivity index (χ0v) is 21.6. The summed E-state index contributed by atoms with van der Waals surface area (Å²) >= 11 is 0. The van der Waals surface area contributed by atoms with Gasteiger partial charge in [0.15, 0.2) is 0 Å². The zero-order chi connectivity index (χ0) is 27.2. The van der Waals surface area contributed by atoms with Crippen molar-refractivity contribution in [1.82, 2.24) is 15.2 Å². The van der Waals surface area contributed by atoms with E-state index in [0.29, 0.717) is 5.56 Å². The number of alkyl halides is 3. The van der Waals surface area contributed by atoms with Crippen LogP contribution in [0.4, 0.5) is 18.0 Å². The summed E-state index contributed by atoms with van der Waals surface area (Å²) in [5.41, 5.74) is 0.487. The summed E-state index contributed by atoms with van der Waals surface area (Å²) in [6.45, 7) is 7.35. The highest BCUT2D eigenvalue weighted by Gasteiger charge is 2.52. The number of rotatable bonds is 6. The number of aromatic nitrogens is 1. The predicted molar refractivity (Wildman–Crippen MR) is 130 cm³/mol. The van der Waals surface area contributed by atoms with E-state index in [1.165, 1.54) is 13.8 Å². The molecular formula is C27H32F3N3O4. The minimum Gasteiger partial charge on any atom is -0.444 e. The molecule has 1 saturated heterocycles. The van der Waals surface area contributed by atoms with Crippen molar-refractivity contribution in [2.24, 2.45) is 0 Å². The second-order valence-corrected chi connectivity index (χ2v) is 11.0. The number of carbonyl (C=O) groups excluding carboxylic acids is 2. The molecule has 10 heteroatoms. The van der Waals surface area contributed by atoms with E-state index in [1.807, 2.05) is 12.1 Å². The molecule has 200 valence electrons. The number of amides is 2. The Morgan fingerprint density at radius 1 is 1.14 bits per heavy atom. The van der Waals surface area contributed by atoms with Crippen molar-refractivity contribution in [3.8, 4) is 11.1 Å². The number of alkyl carbamates (subject to hydrolysis) is 1. The average Bonchev–Trinajstić information content (AvgIpc) is 3.53. The highest BCUT2D eigenvalue weighted by molar-refractivity contribution is 5.80. The number of halogens is 3. The fraction of sp³-hybridized carbons (Fsp3) is 0.519. The predicted octanol–water partition coefficient (Wildman–Crippen LogP) is 5.50. The molecule has 0 radical (unpaired) electrons. The molecule has 0 bridgehead atoms. The molecule has 37 heavy (non-hydrogen) atoms. The zero-order valence-electron chi connectivity index (χ0n) is 21.6. The summed E-state index contributed by atoms with van der Waals surface area (Å²) in [6.07, 6.45) is -1.36. The summed E-state index contributed by atoms with van der Waals surface area (Å²) in [5.74, 6) is -1.45. The number of carbonyl (C=O) groups is 2. The summed E-state index contributed by atoms with van der Waals surface area (Å²) in [4.78, 5) is 29.7. The lowest BCUT2D eigenvalue weighted by atomic mass is 9.99. The Kier molecular flexibility index (Phi) is 7.00. The van der Waals surface area contributed by atoms with Gasteiger partial charge in [-0.3, -0.25) is 9.78 Å². The molecular weight excluding hydrogens is 487 g/mol. The molecule has 0 spiro atoms. The lowest BCUT2D eigenvalue weighted by Crippen LogP contribution is -2.51. The van der Waals surface area contributed by atoms with Gasteiger partial charge < -0.3 is 19.7 Å². The molecule has 7 nitrogen and oxygen atoms in total. The van der Waals surface area contributed by atoms with E-state index in [1.54, 1.807) is 51.2 Å². The van der Waals surface area contributed by atoms with E-state index in [2.05, 4.69) is 10.3 Å². The molecule has 4 rings (SSSR count). The molecule has 1 aliphatic carbocycles. The minimum atomic E-state index is -3.25. The smallest absolute Gasteiger partial charge is 0.408 e. The van der Waals surface area contributed by atoms with Crippen LogP contribution in [-0.4, -0.2) is 52.4 Å². The van der Waals surface area contributed by atoms with E-state index in [-0.39, 0.29) is 0 Å². The van der Waals surface area contributed by atoms with Crippen molar-refractivity contribution in [1.29, 1.82) is 0 Å². The monoisotopic (exact) mass is 519 g/mol. The van der Waals surface area contributed by atoms with Crippen molar-refractivity contribution in [3.63, 3.8) is 0 Å². The highest BCUT2D eigenvalue weighted by Crippen LogP contribution is 2.45. The van der Waals surface area contributed by atoms with Gasteiger partial charge in [0.25, 0.3) is 5.91 Å². The standard InChI is InChI=1S/C27H32F3N3O4/c1-25(2,3)37-24(35)32-27(12-13-27)20-11-10-18(15-31-20)16-6-8-17(9-7-16)21-19(14-28)33(23(34)22(29)30)26(4,5)36-21/h6-11,15,19,21-22H,12-14H2,1-5H3,(H,32,35). The number of nitrogens with one attached hydrogen (secondary N) is 1. The van der Waals surface area contributed by atoms with Gasteiger partial charge in [-0.1, -0.05) is 30.3 Å². The van der Waals surface area contributed by atoms with E-state index in [0.717, 1.165) is 34.6 Å². The van der Waals surface area contributed by atoms with Crippen molar-refractivity contribution in [2.45, 2.75) is 82.9 Å². The van der Waals surface area contributed by atoms with E-state index >= 15 is 0 Å². The van der Waals surface area contributed by atoms with Crippen molar-refractivity contribution < 1.29 is 32.2 Å². The summed E-state index contributed by atoms with van der Waals surface area (Å²) < 4.78 is 51.4. The number of nitrogens with zero attached hydrogens (tertiary/aromatic N) is 2. The second-order valence-electron chi connectivity index (χ2n) is 11.0. The van der Waals surface area contributed by atoms with Gasteiger partial charge in [-0.05, 0) is 64.7 Å². The first-order valence-corrected chi connectivity index (χ1v) is 12.2. The van der Waals surface area contributed by atoms with E-state index in [4.69, 9.17) is 9.47 Å². The lowest BCUT2D eigenvalue weighted by Gasteiger charge is -2.32. The first-order valence-electron chi connectivity index (χ1n) is 12.2. The van der Waals surface area contributed by atoms with E-state index in [9.17, 15) is 22.8 Å². The largest absolute Gasteiger partial charge is 0.444 e. The number of benzene rings is 1. The Balaban J connectivity index is 1.48. The molecule has 2 amide bonds. The average molecular weight is 520 g/mol. The Morgan fingerprint density at radius 3 is 2.24 bits per heavy atom. The molecule has 2 atom stereocenters. The molecule has 1 aromatic carbocycles. The van der Waals surface area contributed by atoms with Crippen LogP contribution in [0.1, 0.15) is 64.8 Å². The number of ether oxygens (including phenoxy) is 2. The summed E-state index contributed by atoms with van der Waals surface area (Å²) in [7, 11) is 0. The maximum atomic E-state index is 13.9. The molecule has 2 aliphatic rings. The third kappa shape index (κ3) is 5.58.